The summed E-state index contributed by atoms with van der Waals surface area (Å²) >= 11 is 0. The molecular formula is C16H28. The number of hydrogen-bond donors (Lipinski definition) is 0. The molecule has 4 rings (SSSR count). The van der Waals surface area contributed by atoms with E-state index in [-0.39, 0.29) is 0 Å². The van der Waals surface area contributed by atoms with Gasteiger partial charge in [0.15, 0.2) is 0 Å². The molecule has 0 N–H and O–H groups in total. The third-order valence-corrected chi connectivity index (χ3v) is 5.94. The van der Waals surface area contributed by atoms with Crippen LogP contribution >= 0.6 is 0 Å². The molecular weight excluding hydrogens is 192 g/mol. The first-order chi connectivity index (χ1) is 7.88. The molecule has 0 heteroatoms. The van der Waals surface area contributed by atoms with Crippen LogP contribution in [-0.4, -0.2) is 0 Å². The first-order valence-electron chi connectivity index (χ1n) is 7.88. The van der Waals surface area contributed by atoms with Gasteiger partial charge in [-0.25, -0.2) is 0 Å². The summed E-state index contributed by atoms with van der Waals surface area (Å²) in [5.74, 6) is 5.89. The molecule has 0 aromatic rings. The predicted octanol–water partition coefficient (Wildman–Crippen LogP) is 5.03. The molecule has 0 unspecified atom stereocenters. The first kappa shape index (κ1) is 11.1. The number of rotatable bonds is 6. The van der Waals surface area contributed by atoms with Crippen LogP contribution in [0, 0.1) is 29.6 Å². The molecule has 16 heavy (non-hydrogen) atoms. The molecule has 0 heterocycles. The average molecular weight is 220 g/mol. The standard InChI is InChI=1S/C16H28/c1-2-3-4-5-6-7-16-14-8-12-9-15(16)11-13(12)10-14/h12-16H,2-11H2,1H3. The van der Waals surface area contributed by atoms with E-state index in [0.717, 1.165) is 5.92 Å². The number of hydrogen-bond acceptors (Lipinski definition) is 0. The zero-order valence-electron chi connectivity index (χ0n) is 11.0. The van der Waals surface area contributed by atoms with Crippen molar-refractivity contribution in [3.05, 3.63) is 0 Å². The summed E-state index contributed by atoms with van der Waals surface area (Å²) in [6, 6.07) is 0. The van der Waals surface area contributed by atoms with Crippen LogP contribution < -0.4 is 0 Å². The normalized spacial score (nSPS) is 44.4. The van der Waals surface area contributed by atoms with Gasteiger partial charge in [-0.15, -0.1) is 0 Å². The maximum atomic E-state index is 2.31. The maximum absolute atomic E-state index is 2.31. The summed E-state index contributed by atoms with van der Waals surface area (Å²) in [6.45, 7) is 2.31. The van der Waals surface area contributed by atoms with Crippen LogP contribution in [0.4, 0.5) is 0 Å². The molecule has 0 nitrogen and oxygen atoms in total. The van der Waals surface area contributed by atoms with E-state index in [1.54, 1.807) is 32.1 Å². The lowest BCUT2D eigenvalue weighted by Crippen LogP contribution is -2.26. The summed E-state index contributed by atoms with van der Waals surface area (Å²) in [4.78, 5) is 0. The Hall–Kier alpha value is 0. The van der Waals surface area contributed by atoms with Crippen molar-refractivity contribution >= 4 is 0 Å². The van der Waals surface area contributed by atoms with Gasteiger partial charge in [0.2, 0.25) is 0 Å². The van der Waals surface area contributed by atoms with Gasteiger partial charge in [-0.05, 0) is 61.7 Å². The van der Waals surface area contributed by atoms with Crippen LogP contribution in [0.1, 0.15) is 71.1 Å². The van der Waals surface area contributed by atoms with Crippen LogP contribution in [0.3, 0.4) is 0 Å². The van der Waals surface area contributed by atoms with Gasteiger partial charge in [0.05, 0.1) is 0 Å². The Morgan fingerprint density at radius 2 is 1.25 bits per heavy atom. The molecule has 0 aromatic carbocycles. The van der Waals surface area contributed by atoms with Gasteiger partial charge in [0.1, 0.15) is 0 Å². The quantitative estimate of drug-likeness (QED) is 0.551. The minimum absolute atomic E-state index is 1.16. The van der Waals surface area contributed by atoms with Gasteiger partial charge in [-0.1, -0.05) is 39.0 Å². The molecule has 0 spiro atoms. The Kier molecular flexibility index (Phi) is 3.27. The number of unbranched alkanes of at least 4 members (excludes halogenated alkanes) is 4. The highest BCUT2D eigenvalue weighted by Crippen LogP contribution is 2.61. The topological polar surface area (TPSA) is 0 Å². The van der Waals surface area contributed by atoms with Crippen LogP contribution in [0.25, 0.3) is 0 Å². The highest BCUT2D eigenvalue weighted by molar-refractivity contribution is 5.02. The first-order valence-corrected chi connectivity index (χ1v) is 7.88. The molecule has 0 radical (unpaired) electrons. The molecule has 0 aromatic heterocycles. The lowest BCUT2D eigenvalue weighted by atomic mass is 9.70. The Morgan fingerprint density at radius 3 is 1.81 bits per heavy atom. The van der Waals surface area contributed by atoms with E-state index in [0.29, 0.717) is 0 Å². The minimum atomic E-state index is 1.16. The van der Waals surface area contributed by atoms with Gasteiger partial charge in [-0.2, -0.15) is 0 Å². The summed E-state index contributed by atoms with van der Waals surface area (Å²) in [5.41, 5.74) is 0. The van der Waals surface area contributed by atoms with Gasteiger partial charge in [0, 0.05) is 0 Å². The van der Waals surface area contributed by atoms with Crippen molar-refractivity contribution in [1.82, 2.24) is 0 Å². The van der Waals surface area contributed by atoms with Crippen molar-refractivity contribution in [2.24, 2.45) is 29.6 Å². The monoisotopic (exact) mass is 220 g/mol. The van der Waals surface area contributed by atoms with E-state index in [4.69, 9.17) is 0 Å². The third kappa shape index (κ3) is 1.93. The fourth-order valence-electron chi connectivity index (χ4n) is 5.25. The van der Waals surface area contributed by atoms with Crippen molar-refractivity contribution in [2.75, 3.05) is 0 Å². The van der Waals surface area contributed by atoms with Crippen LogP contribution in [-0.2, 0) is 0 Å². The molecule has 4 saturated carbocycles. The van der Waals surface area contributed by atoms with Gasteiger partial charge < -0.3 is 0 Å². The largest absolute Gasteiger partial charge is 0.0654 e. The SMILES string of the molecule is CCCCCCCC1C2CC3CC1CC3C2. The molecule has 4 bridgehead atoms. The van der Waals surface area contributed by atoms with E-state index in [2.05, 4.69) is 6.92 Å². The molecule has 0 aliphatic heterocycles. The molecule has 92 valence electrons. The molecule has 0 saturated heterocycles. The highest BCUT2D eigenvalue weighted by Gasteiger charge is 2.52. The minimum Gasteiger partial charge on any atom is -0.0654 e. The summed E-state index contributed by atoms with van der Waals surface area (Å²) in [7, 11) is 0. The Bertz CT molecular complexity index is 202. The molecule has 4 aliphatic rings. The van der Waals surface area contributed by atoms with E-state index in [9.17, 15) is 0 Å². The maximum Gasteiger partial charge on any atom is -0.0357 e. The van der Waals surface area contributed by atoms with E-state index in [1.807, 2.05) is 0 Å². The van der Waals surface area contributed by atoms with Gasteiger partial charge >= 0.3 is 0 Å². The third-order valence-electron chi connectivity index (χ3n) is 5.94. The smallest absolute Gasteiger partial charge is 0.0357 e. The van der Waals surface area contributed by atoms with Crippen molar-refractivity contribution < 1.29 is 0 Å². The fourth-order valence-corrected chi connectivity index (χ4v) is 5.25. The average Bonchev–Trinajstić information content (AvgIpc) is 2.75. The van der Waals surface area contributed by atoms with Crippen molar-refractivity contribution in [2.45, 2.75) is 71.1 Å². The summed E-state index contributed by atoms with van der Waals surface area (Å²) in [6.07, 6.45) is 15.5. The second-order valence-electron chi connectivity index (χ2n) is 6.85. The zero-order valence-corrected chi connectivity index (χ0v) is 11.0. The van der Waals surface area contributed by atoms with Crippen molar-refractivity contribution in [3.8, 4) is 0 Å². The van der Waals surface area contributed by atoms with Crippen LogP contribution in [0.15, 0.2) is 0 Å². The summed E-state index contributed by atoms with van der Waals surface area (Å²) < 4.78 is 0. The van der Waals surface area contributed by atoms with Crippen molar-refractivity contribution in [1.29, 1.82) is 0 Å². The van der Waals surface area contributed by atoms with E-state index in [1.165, 1.54) is 55.8 Å². The molecule has 0 atom stereocenters. The Balaban J connectivity index is 1.42. The van der Waals surface area contributed by atoms with Crippen LogP contribution in [0.5, 0.6) is 0 Å². The second kappa shape index (κ2) is 4.70. The Morgan fingerprint density at radius 1 is 0.688 bits per heavy atom. The van der Waals surface area contributed by atoms with Crippen molar-refractivity contribution in [3.63, 3.8) is 0 Å². The summed E-state index contributed by atoms with van der Waals surface area (Å²) in [5, 5.41) is 0. The van der Waals surface area contributed by atoms with Crippen LogP contribution in [0.2, 0.25) is 0 Å². The zero-order chi connectivity index (χ0) is 11.0. The van der Waals surface area contributed by atoms with E-state index >= 15 is 0 Å². The van der Waals surface area contributed by atoms with Gasteiger partial charge in [-0.3, -0.25) is 0 Å². The molecule has 4 aliphatic carbocycles. The fraction of sp³-hybridized carbons (Fsp3) is 1.00. The second-order valence-corrected chi connectivity index (χ2v) is 6.85. The van der Waals surface area contributed by atoms with Gasteiger partial charge in [0.25, 0.3) is 0 Å². The molecule has 4 fully saturated rings. The highest BCUT2D eigenvalue weighted by atomic mass is 14.6. The predicted molar refractivity (Wildman–Crippen MR) is 69.3 cm³/mol. The lowest BCUT2D eigenvalue weighted by molar-refractivity contribution is 0.143. The Labute approximate surface area is 101 Å². The lowest BCUT2D eigenvalue weighted by Gasteiger charge is -2.36. The molecule has 0 amide bonds. The van der Waals surface area contributed by atoms with E-state index < -0.39 is 0 Å².